The second-order valence-corrected chi connectivity index (χ2v) is 4.89. The fourth-order valence-electron chi connectivity index (χ4n) is 2.19. The van der Waals surface area contributed by atoms with Gasteiger partial charge in [0, 0.05) is 6.42 Å². The fraction of sp³-hybridized carbons (Fsp3) is 0.769. The molecule has 21 heavy (non-hydrogen) atoms. The number of halogens is 2. The van der Waals surface area contributed by atoms with E-state index in [0.717, 1.165) is 6.42 Å². The van der Waals surface area contributed by atoms with E-state index in [1.807, 2.05) is 0 Å². The summed E-state index contributed by atoms with van der Waals surface area (Å²) in [5.41, 5.74) is -0.828. The molecule has 0 unspecified atom stereocenters. The topological polar surface area (TPSA) is 74.5 Å². The molecule has 1 fully saturated rings. The molecule has 0 amide bonds. The smallest absolute Gasteiger partial charge is 0.321 e. The highest BCUT2D eigenvalue weighted by Crippen LogP contribution is 2.44. The van der Waals surface area contributed by atoms with Gasteiger partial charge in [-0.1, -0.05) is 11.6 Å². The van der Waals surface area contributed by atoms with E-state index in [1.54, 1.807) is 6.92 Å². The molecule has 0 N–H and O–H groups in total. The highest BCUT2D eigenvalue weighted by atomic mass is 19.3. The van der Waals surface area contributed by atoms with E-state index in [-0.39, 0.29) is 24.9 Å². The number of aromatic nitrogens is 2. The van der Waals surface area contributed by atoms with Crippen molar-refractivity contribution >= 4 is 5.97 Å². The van der Waals surface area contributed by atoms with Gasteiger partial charge in [0.25, 0.3) is 6.43 Å². The fourth-order valence-corrected chi connectivity index (χ4v) is 2.19. The van der Waals surface area contributed by atoms with Crippen molar-refractivity contribution in [1.29, 1.82) is 0 Å². The Labute approximate surface area is 120 Å². The highest BCUT2D eigenvalue weighted by Gasteiger charge is 2.51. The Hall–Kier alpha value is -1.57. The van der Waals surface area contributed by atoms with E-state index in [2.05, 4.69) is 10.1 Å². The van der Waals surface area contributed by atoms with Gasteiger partial charge in [0.2, 0.25) is 5.89 Å². The van der Waals surface area contributed by atoms with Crippen molar-refractivity contribution in [3.63, 3.8) is 0 Å². The number of carbonyl (C=O) groups excluding carboxylic acids is 1. The van der Waals surface area contributed by atoms with Gasteiger partial charge in [0.15, 0.2) is 5.82 Å². The number of carbonyl (C=O) groups is 1. The first-order valence-electron chi connectivity index (χ1n) is 6.94. The second kappa shape index (κ2) is 6.93. The van der Waals surface area contributed by atoms with Gasteiger partial charge in [-0.05, 0) is 19.8 Å². The third-order valence-corrected chi connectivity index (χ3v) is 3.46. The van der Waals surface area contributed by atoms with Crippen LogP contribution in [-0.2, 0) is 26.1 Å². The van der Waals surface area contributed by atoms with Crippen LogP contribution in [0.15, 0.2) is 4.52 Å². The molecule has 0 bridgehead atoms. The van der Waals surface area contributed by atoms with Crippen molar-refractivity contribution in [2.24, 2.45) is 0 Å². The molecule has 0 atom stereocenters. The van der Waals surface area contributed by atoms with Gasteiger partial charge < -0.3 is 14.0 Å². The van der Waals surface area contributed by atoms with E-state index in [9.17, 15) is 13.6 Å². The lowest BCUT2D eigenvalue weighted by Gasteiger charge is -2.35. The summed E-state index contributed by atoms with van der Waals surface area (Å²) in [6, 6.07) is 0. The Morgan fingerprint density at radius 2 is 2.24 bits per heavy atom. The maximum Gasteiger partial charge on any atom is 0.321 e. The van der Waals surface area contributed by atoms with E-state index < -0.39 is 18.4 Å². The third-order valence-electron chi connectivity index (χ3n) is 3.46. The lowest BCUT2D eigenvalue weighted by molar-refractivity contribution is -0.155. The molecule has 0 spiro atoms. The lowest BCUT2D eigenvalue weighted by Crippen LogP contribution is -2.44. The van der Waals surface area contributed by atoms with Crippen LogP contribution in [0.3, 0.4) is 0 Å². The van der Waals surface area contributed by atoms with Crippen LogP contribution in [-0.4, -0.2) is 42.4 Å². The van der Waals surface area contributed by atoms with Gasteiger partial charge in [0.05, 0.1) is 13.2 Å². The van der Waals surface area contributed by atoms with Crippen molar-refractivity contribution in [3.05, 3.63) is 11.7 Å². The van der Waals surface area contributed by atoms with Gasteiger partial charge in [-0.3, -0.25) is 4.79 Å². The molecule has 0 saturated heterocycles. The SMILES string of the molecule is CCOC(=O)C1(c2nc(CCOCC(F)F)no2)CCC1. The number of nitrogens with zero attached hydrogens (tertiary/aromatic N) is 2. The number of ether oxygens (including phenoxy) is 2. The first-order valence-corrected chi connectivity index (χ1v) is 6.94. The van der Waals surface area contributed by atoms with Crippen molar-refractivity contribution in [1.82, 2.24) is 10.1 Å². The minimum atomic E-state index is -2.49. The molecule has 0 aromatic carbocycles. The summed E-state index contributed by atoms with van der Waals surface area (Å²) in [5.74, 6) is 0.242. The Morgan fingerprint density at radius 3 is 2.81 bits per heavy atom. The lowest BCUT2D eigenvalue weighted by atomic mass is 9.68. The molecule has 0 radical (unpaired) electrons. The molecule has 1 saturated carbocycles. The van der Waals surface area contributed by atoms with Crippen molar-refractivity contribution in [2.45, 2.75) is 44.4 Å². The number of esters is 1. The van der Waals surface area contributed by atoms with E-state index >= 15 is 0 Å². The number of hydrogen-bond acceptors (Lipinski definition) is 6. The predicted octanol–water partition coefficient (Wildman–Crippen LogP) is 1.88. The largest absolute Gasteiger partial charge is 0.465 e. The molecule has 1 aliphatic rings. The average molecular weight is 304 g/mol. The van der Waals surface area contributed by atoms with Crippen molar-refractivity contribution in [2.75, 3.05) is 19.8 Å². The number of rotatable bonds is 8. The van der Waals surface area contributed by atoms with Crippen molar-refractivity contribution < 1.29 is 27.6 Å². The molecule has 2 rings (SSSR count). The van der Waals surface area contributed by atoms with Crippen molar-refractivity contribution in [3.8, 4) is 0 Å². The van der Waals surface area contributed by atoms with Crippen LogP contribution in [0, 0.1) is 0 Å². The highest BCUT2D eigenvalue weighted by molar-refractivity contribution is 5.82. The van der Waals surface area contributed by atoms with Crippen LogP contribution in [0.25, 0.3) is 0 Å². The Morgan fingerprint density at radius 1 is 1.48 bits per heavy atom. The van der Waals surface area contributed by atoms with Crippen LogP contribution < -0.4 is 0 Å². The van der Waals surface area contributed by atoms with Crippen LogP contribution in [0.2, 0.25) is 0 Å². The zero-order valence-electron chi connectivity index (χ0n) is 11.8. The Kier molecular flexibility index (Phi) is 5.22. The zero-order valence-corrected chi connectivity index (χ0v) is 11.8. The molecule has 8 heteroatoms. The number of hydrogen-bond donors (Lipinski definition) is 0. The molecule has 1 heterocycles. The van der Waals surface area contributed by atoms with Gasteiger partial charge in [-0.2, -0.15) is 4.98 Å². The normalized spacial score (nSPS) is 16.8. The van der Waals surface area contributed by atoms with E-state index in [0.29, 0.717) is 25.3 Å². The maximum atomic E-state index is 12.0. The molecule has 1 aromatic rings. The molecule has 1 aromatic heterocycles. The standard InChI is InChI=1S/C13H18F2N2O4/c1-2-20-12(18)13(5-3-6-13)11-16-10(17-21-11)4-7-19-8-9(14)15/h9H,2-8H2,1H3. The second-order valence-electron chi connectivity index (χ2n) is 4.89. The quantitative estimate of drug-likeness (QED) is 0.539. The first kappa shape index (κ1) is 15.8. The summed E-state index contributed by atoms with van der Waals surface area (Å²) >= 11 is 0. The summed E-state index contributed by atoms with van der Waals surface area (Å²) in [6.07, 6.45) is -0.0960. The molecule has 0 aliphatic heterocycles. The minimum Gasteiger partial charge on any atom is -0.465 e. The third kappa shape index (κ3) is 3.55. The summed E-state index contributed by atoms with van der Waals surface area (Å²) in [6.45, 7) is 1.50. The van der Waals surface area contributed by atoms with Crippen LogP contribution in [0.5, 0.6) is 0 Å². The molecular weight excluding hydrogens is 286 g/mol. The summed E-state index contributed by atoms with van der Waals surface area (Å²) in [5, 5.41) is 3.76. The van der Waals surface area contributed by atoms with Gasteiger partial charge in [-0.25, -0.2) is 8.78 Å². The van der Waals surface area contributed by atoms with Crippen LogP contribution >= 0.6 is 0 Å². The van der Waals surface area contributed by atoms with E-state index in [4.69, 9.17) is 14.0 Å². The number of alkyl halides is 2. The molecular formula is C13H18F2N2O4. The summed E-state index contributed by atoms with van der Waals surface area (Å²) in [4.78, 5) is 16.2. The Balaban J connectivity index is 1.93. The summed E-state index contributed by atoms with van der Waals surface area (Å²) in [7, 11) is 0. The monoisotopic (exact) mass is 304 g/mol. The molecule has 1 aliphatic carbocycles. The van der Waals surface area contributed by atoms with Gasteiger partial charge in [-0.15, -0.1) is 0 Å². The Bertz CT molecular complexity index is 474. The zero-order chi connectivity index (χ0) is 15.3. The van der Waals surface area contributed by atoms with E-state index in [1.165, 1.54) is 0 Å². The van der Waals surface area contributed by atoms with Crippen LogP contribution in [0.1, 0.15) is 37.9 Å². The average Bonchev–Trinajstić information content (AvgIpc) is 2.82. The molecule has 6 nitrogen and oxygen atoms in total. The maximum absolute atomic E-state index is 12.0. The minimum absolute atomic E-state index is 0.0791. The van der Waals surface area contributed by atoms with Crippen LogP contribution in [0.4, 0.5) is 8.78 Å². The van der Waals surface area contributed by atoms with Gasteiger partial charge in [0.1, 0.15) is 12.0 Å². The van der Waals surface area contributed by atoms with Gasteiger partial charge >= 0.3 is 5.97 Å². The first-order chi connectivity index (χ1) is 10.1. The summed E-state index contributed by atoms with van der Waals surface area (Å²) < 4.78 is 38.8. The molecule has 118 valence electrons. The predicted molar refractivity (Wildman–Crippen MR) is 67.0 cm³/mol.